The van der Waals surface area contributed by atoms with E-state index in [9.17, 15) is 0 Å². The maximum atomic E-state index is 4.00. The number of hydrogen-bond acceptors (Lipinski definition) is 0. The molecule has 2 aromatic carbocycles. The first-order valence-corrected chi connectivity index (χ1v) is 11.4. The van der Waals surface area contributed by atoms with Gasteiger partial charge in [-0.15, -0.1) is 0 Å². The van der Waals surface area contributed by atoms with Crippen LogP contribution in [0.25, 0.3) is 11.1 Å². The van der Waals surface area contributed by atoms with E-state index in [1.165, 1.54) is 23.1 Å². The van der Waals surface area contributed by atoms with Gasteiger partial charge in [-0.3, -0.25) is 0 Å². The first-order valence-electron chi connectivity index (χ1n) is 7.84. The number of halogens is 2. The van der Waals surface area contributed by atoms with Crippen LogP contribution in [0.2, 0.25) is 0 Å². The van der Waals surface area contributed by atoms with Gasteiger partial charge in [0.2, 0.25) is 0 Å². The molecule has 1 atom stereocenters. The van der Waals surface area contributed by atoms with Crippen LogP contribution in [-0.4, -0.2) is 0 Å². The molecule has 24 heavy (non-hydrogen) atoms. The van der Waals surface area contributed by atoms with Gasteiger partial charge in [-0.05, 0) is 0 Å². The predicted molar refractivity (Wildman–Crippen MR) is 90.0 cm³/mol. The third-order valence-corrected chi connectivity index (χ3v) is 9.57. The molecule has 3 heteroatoms. The third kappa shape index (κ3) is 3.40. The van der Waals surface area contributed by atoms with E-state index >= 15 is 0 Å². The topological polar surface area (TPSA) is 0 Å². The maximum absolute atomic E-state index is 4.00. The molecule has 4 rings (SSSR count). The first kappa shape index (κ1) is 19.4. The van der Waals surface area contributed by atoms with E-state index < -0.39 is 22.9 Å². The van der Waals surface area contributed by atoms with Crippen molar-refractivity contribution in [3.8, 4) is 11.1 Å². The number of allylic oxidation sites excluding steroid dienone is 5. The number of hydrogen-bond donors (Lipinski definition) is 0. The molecule has 0 N–H and O–H groups in total. The smallest absolute Gasteiger partial charge is 1.00 e. The summed E-state index contributed by atoms with van der Waals surface area (Å²) in [6.45, 7) is 4.00. The Morgan fingerprint density at radius 1 is 1.04 bits per heavy atom. The van der Waals surface area contributed by atoms with Crippen molar-refractivity contribution in [2.24, 2.45) is 0 Å². The number of rotatable bonds is 4. The van der Waals surface area contributed by atoms with Gasteiger partial charge in [0.15, 0.2) is 0 Å². The van der Waals surface area contributed by atoms with E-state index in [-0.39, 0.29) is 24.8 Å². The predicted octanol–water partition coefficient (Wildman–Crippen LogP) is -1.07. The Morgan fingerprint density at radius 2 is 1.83 bits per heavy atom. The normalized spacial score (nSPS) is 16.2. The summed E-state index contributed by atoms with van der Waals surface area (Å²) in [5.74, 6) is 0.516. The molecule has 0 saturated heterocycles. The van der Waals surface area contributed by atoms with E-state index in [0.717, 1.165) is 6.42 Å². The molecule has 0 fully saturated rings. The summed E-state index contributed by atoms with van der Waals surface area (Å²) in [7, 11) is 0. The molecule has 2 aromatic rings. The maximum Gasteiger partial charge on any atom is -1.00 e. The van der Waals surface area contributed by atoms with Crippen LogP contribution < -0.4 is 28.1 Å². The molecular formula is C21H18Cl2Hf. The summed E-state index contributed by atoms with van der Waals surface area (Å²) in [4.78, 5) is 0. The van der Waals surface area contributed by atoms with Crippen LogP contribution in [0.3, 0.4) is 0 Å². The average molecular weight is 520 g/mol. The molecule has 1 unspecified atom stereocenters. The molecular weight excluding hydrogens is 502 g/mol. The molecule has 2 aliphatic rings. The van der Waals surface area contributed by atoms with Gasteiger partial charge >= 0.3 is 144 Å². The molecule has 2 aliphatic carbocycles. The minimum Gasteiger partial charge on any atom is -1.00 e. The van der Waals surface area contributed by atoms with Crippen molar-refractivity contribution >= 4 is 3.32 Å². The number of fused-ring (bicyclic) bond motifs is 3. The van der Waals surface area contributed by atoms with Crippen molar-refractivity contribution < 1.29 is 47.7 Å². The summed E-state index contributed by atoms with van der Waals surface area (Å²) in [6.07, 6.45) is 11.2. The van der Waals surface area contributed by atoms with E-state index in [1.807, 2.05) is 0 Å². The Hall–Kier alpha value is -0.890. The summed E-state index contributed by atoms with van der Waals surface area (Å²) < 4.78 is 3.39. The SMILES string of the molecule is C=CCC1c2ccccc2-c2ccc[c]([Hf+2][C]3=CC=CC3)c21.[Cl-].[Cl-]. The van der Waals surface area contributed by atoms with Gasteiger partial charge in [-0.1, -0.05) is 0 Å². The molecule has 0 spiro atoms. The van der Waals surface area contributed by atoms with Crippen molar-refractivity contribution in [2.75, 3.05) is 0 Å². The van der Waals surface area contributed by atoms with E-state index in [0.29, 0.717) is 5.92 Å². The van der Waals surface area contributed by atoms with Gasteiger partial charge in [-0.2, -0.15) is 0 Å². The molecule has 0 radical (unpaired) electrons. The van der Waals surface area contributed by atoms with E-state index in [1.54, 1.807) is 12.2 Å². The van der Waals surface area contributed by atoms with E-state index in [2.05, 4.69) is 73.3 Å². The molecule has 0 heterocycles. The van der Waals surface area contributed by atoms with Crippen LogP contribution in [0, 0.1) is 0 Å². The Morgan fingerprint density at radius 3 is 2.58 bits per heavy atom. The fourth-order valence-electron chi connectivity index (χ4n) is 3.61. The fourth-order valence-corrected chi connectivity index (χ4v) is 8.53. The quantitative estimate of drug-likeness (QED) is 0.357. The van der Waals surface area contributed by atoms with Gasteiger partial charge in [0.25, 0.3) is 0 Å². The zero-order chi connectivity index (χ0) is 14.9. The van der Waals surface area contributed by atoms with Crippen LogP contribution in [-0.2, 0) is 22.9 Å². The minimum atomic E-state index is -0.925. The summed E-state index contributed by atoms with van der Waals surface area (Å²) in [5, 5.41) is 0. The summed E-state index contributed by atoms with van der Waals surface area (Å²) in [6, 6.07) is 15.9. The van der Waals surface area contributed by atoms with Crippen LogP contribution in [0.4, 0.5) is 0 Å². The van der Waals surface area contributed by atoms with Crippen molar-refractivity contribution in [2.45, 2.75) is 18.8 Å². The zero-order valence-corrected chi connectivity index (χ0v) is 18.4. The monoisotopic (exact) mass is 520 g/mol. The van der Waals surface area contributed by atoms with Crippen molar-refractivity contribution in [3.05, 3.63) is 87.8 Å². The largest absolute Gasteiger partial charge is 1.00 e. The van der Waals surface area contributed by atoms with Crippen molar-refractivity contribution in [1.82, 2.24) is 0 Å². The molecule has 0 nitrogen and oxygen atoms in total. The van der Waals surface area contributed by atoms with Crippen molar-refractivity contribution in [1.29, 1.82) is 0 Å². The van der Waals surface area contributed by atoms with E-state index in [4.69, 9.17) is 0 Å². The summed E-state index contributed by atoms with van der Waals surface area (Å²) in [5.41, 5.74) is 6.01. The minimum absolute atomic E-state index is 0. The Labute approximate surface area is 167 Å². The standard InChI is InChI=1S/C16H13.C5H5.2ClH.Hf/c1-2-7-12-13-8-3-5-10-15(13)16-11-6-4-9-14(12)16;1-2-4-5-3-1;;;/h2-6,8,10-12H,1,7H2;1-3H,4H2;2*1H;/q;;;;+2/p-2. The van der Waals surface area contributed by atoms with Gasteiger partial charge < -0.3 is 24.8 Å². The Bertz CT molecular complexity index is 805. The fraction of sp³-hybridized carbons (Fsp3) is 0.143. The molecule has 0 aromatic heterocycles. The van der Waals surface area contributed by atoms with Crippen LogP contribution >= 0.6 is 0 Å². The average Bonchev–Trinajstić information content (AvgIpc) is 3.16. The Balaban J connectivity index is 0.00000104. The molecule has 0 amide bonds. The van der Waals surface area contributed by atoms with Gasteiger partial charge in [-0.25, -0.2) is 0 Å². The van der Waals surface area contributed by atoms with Gasteiger partial charge in [0, 0.05) is 0 Å². The second-order valence-corrected chi connectivity index (χ2v) is 11.0. The molecule has 0 bridgehead atoms. The molecule has 0 aliphatic heterocycles. The Kier molecular flexibility index (Phi) is 6.86. The molecule has 120 valence electrons. The van der Waals surface area contributed by atoms with Crippen LogP contribution in [0.15, 0.2) is 76.7 Å². The second kappa shape index (κ2) is 8.47. The summed E-state index contributed by atoms with van der Waals surface area (Å²) >= 11 is -0.925. The third-order valence-electron chi connectivity index (χ3n) is 4.55. The van der Waals surface area contributed by atoms with Gasteiger partial charge in [0.1, 0.15) is 0 Å². The number of benzene rings is 2. The first-order chi connectivity index (χ1) is 10.9. The second-order valence-electron chi connectivity index (χ2n) is 5.88. The van der Waals surface area contributed by atoms with Gasteiger partial charge in [0.05, 0.1) is 0 Å². The zero-order valence-electron chi connectivity index (χ0n) is 13.3. The van der Waals surface area contributed by atoms with Crippen LogP contribution in [0.5, 0.6) is 0 Å². The molecule has 0 saturated carbocycles. The van der Waals surface area contributed by atoms with Crippen LogP contribution in [0.1, 0.15) is 29.9 Å². The van der Waals surface area contributed by atoms with Crippen molar-refractivity contribution in [3.63, 3.8) is 0 Å².